The minimum atomic E-state index is 0.693. The molecule has 0 amide bonds. The van der Waals surface area contributed by atoms with E-state index < -0.39 is 0 Å². The van der Waals surface area contributed by atoms with Gasteiger partial charge in [-0.2, -0.15) is 0 Å². The van der Waals surface area contributed by atoms with E-state index in [2.05, 4.69) is 173 Å². The molecule has 0 saturated heterocycles. The average Bonchev–Trinajstić information content (AvgIpc) is 3.92. The molecule has 0 fully saturated rings. The number of aromatic nitrogens is 4. The third-order valence-corrected chi connectivity index (χ3v) is 11.3. The van der Waals surface area contributed by atoms with Gasteiger partial charge in [0, 0.05) is 49.0 Å². The van der Waals surface area contributed by atoms with Gasteiger partial charge in [0.15, 0.2) is 11.4 Å². The van der Waals surface area contributed by atoms with Gasteiger partial charge in [-0.15, -0.1) is 0 Å². The van der Waals surface area contributed by atoms with Gasteiger partial charge in [0.25, 0.3) is 0 Å². The van der Waals surface area contributed by atoms with Gasteiger partial charge in [-0.25, -0.2) is 9.97 Å². The van der Waals surface area contributed by atoms with Gasteiger partial charge in [-0.1, -0.05) is 127 Å². The Bertz CT molecular complexity index is 3430. The second kappa shape index (κ2) is 11.6. The molecule has 0 unspecified atom stereocenters. The number of rotatable bonds is 4. The van der Waals surface area contributed by atoms with E-state index in [1.165, 1.54) is 27.1 Å². The van der Waals surface area contributed by atoms with E-state index in [4.69, 9.17) is 14.4 Å². The number of benzene rings is 7. The molecule has 4 aromatic heterocycles. The Kier molecular flexibility index (Phi) is 6.39. The molecule has 258 valence electrons. The molecule has 1 aliphatic rings. The molecular formula is C50H32N4O. The van der Waals surface area contributed by atoms with Crippen molar-refractivity contribution in [2.45, 2.75) is 12.8 Å². The fourth-order valence-electron chi connectivity index (χ4n) is 9.00. The van der Waals surface area contributed by atoms with Crippen molar-refractivity contribution in [2.75, 3.05) is 0 Å². The first-order chi connectivity index (χ1) is 27.3. The zero-order valence-electron chi connectivity index (χ0n) is 29.8. The van der Waals surface area contributed by atoms with Crippen LogP contribution in [0.1, 0.15) is 18.5 Å². The standard InChI is InChI=1S/C50H32N4O/c1-3-15-31(16-4-1)46-37-21-7-10-24-40(37)51-50(52-46)39-23-14-28-44-45(39)38-22-13-27-43(49(38)55-44)54-42-26-12-9-20-34(42)36-30-29-35-33-19-8-11-25-41(33)53(47(35)48(36)54)32-17-5-2-6-18-32/h2-3,5-30H,1,4H2. The highest BCUT2D eigenvalue weighted by Crippen LogP contribution is 2.45. The summed E-state index contributed by atoms with van der Waals surface area (Å²) in [6.07, 6.45) is 8.78. The summed E-state index contributed by atoms with van der Waals surface area (Å²) >= 11 is 0. The lowest BCUT2D eigenvalue weighted by atomic mass is 10.00. The quantitative estimate of drug-likeness (QED) is 0.183. The molecule has 5 nitrogen and oxygen atoms in total. The number of furan rings is 1. The molecule has 5 heteroatoms. The first-order valence-corrected chi connectivity index (χ1v) is 18.9. The van der Waals surface area contributed by atoms with Crippen LogP contribution in [0.5, 0.6) is 0 Å². The Morgan fingerprint density at radius 3 is 1.96 bits per heavy atom. The summed E-state index contributed by atoms with van der Waals surface area (Å²) in [5, 5.41) is 7.92. The summed E-state index contributed by atoms with van der Waals surface area (Å²) in [5.74, 6) is 0.693. The smallest absolute Gasteiger partial charge is 0.161 e. The van der Waals surface area contributed by atoms with Crippen LogP contribution in [0.2, 0.25) is 0 Å². The van der Waals surface area contributed by atoms with Gasteiger partial charge >= 0.3 is 0 Å². The fraction of sp³-hybridized carbons (Fsp3) is 0.0400. The number of hydrogen-bond donors (Lipinski definition) is 0. The van der Waals surface area contributed by atoms with Gasteiger partial charge in [0.2, 0.25) is 0 Å². The molecule has 55 heavy (non-hydrogen) atoms. The predicted molar refractivity (Wildman–Crippen MR) is 227 cm³/mol. The van der Waals surface area contributed by atoms with Crippen LogP contribution in [0.4, 0.5) is 0 Å². The van der Waals surface area contributed by atoms with Crippen LogP contribution in [0.25, 0.3) is 105 Å². The lowest BCUT2D eigenvalue weighted by molar-refractivity contribution is 0.666. The van der Waals surface area contributed by atoms with Crippen LogP contribution in [0, 0.1) is 0 Å². The molecule has 0 radical (unpaired) electrons. The van der Waals surface area contributed by atoms with Crippen LogP contribution < -0.4 is 0 Å². The number of nitrogens with zero attached hydrogens (tertiary/aromatic N) is 4. The largest absolute Gasteiger partial charge is 0.454 e. The zero-order chi connectivity index (χ0) is 36.0. The Labute approximate surface area is 315 Å². The molecule has 0 N–H and O–H groups in total. The minimum absolute atomic E-state index is 0.693. The lowest BCUT2D eigenvalue weighted by Gasteiger charge is -2.13. The Balaban J connectivity index is 1.18. The molecule has 11 aromatic rings. The second-order valence-electron chi connectivity index (χ2n) is 14.4. The van der Waals surface area contributed by atoms with Crippen LogP contribution in [0.3, 0.4) is 0 Å². The first-order valence-electron chi connectivity index (χ1n) is 18.9. The monoisotopic (exact) mass is 704 g/mol. The van der Waals surface area contributed by atoms with Crippen LogP contribution in [-0.4, -0.2) is 19.1 Å². The van der Waals surface area contributed by atoms with Crippen LogP contribution in [0.15, 0.2) is 174 Å². The second-order valence-corrected chi connectivity index (χ2v) is 14.4. The van der Waals surface area contributed by atoms with Crippen molar-refractivity contribution in [1.29, 1.82) is 0 Å². The molecule has 1 aliphatic carbocycles. The number of allylic oxidation sites excluding steroid dienone is 4. The highest BCUT2D eigenvalue weighted by molar-refractivity contribution is 6.24. The number of fused-ring (bicyclic) bond motifs is 11. The van der Waals surface area contributed by atoms with E-state index in [1.807, 2.05) is 6.07 Å². The van der Waals surface area contributed by atoms with Crippen molar-refractivity contribution in [2.24, 2.45) is 0 Å². The van der Waals surface area contributed by atoms with E-state index in [9.17, 15) is 0 Å². The van der Waals surface area contributed by atoms with Crippen molar-refractivity contribution >= 4 is 82.0 Å². The number of para-hydroxylation sites is 5. The topological polar surface area (TPSA) is 48.8 Å². The van der Waals surface area contributed by atoms with Gasteiger partial charge in [0.1, 0.15) is 5.58 Å². The third-order valence-electron chi connectivity index (χ3n) is 11.3. The van der Waals surface area contributed by atoms with E-state index >= 15 is 0 Å². The fourth-order valence-corrected chi connectivity index (χ4v) is 9.00. The summed E-state index contributed by atoms with van der Waals surface area (Å²) < 4.78 is 11.8. The van der Waals surface area contributed by atoms with Crippen molar-refractivity contribution in [1.82, 2.24) is 19.1 Å². The molecule has 0 aliphatic heterocycles. The third kappa shape index (κ3) is 4.35. The maximum atomic E-state index is 6.98. The lowest BCUT2D eigenvalue weighted by Crippen LogP contribution is -1.99. The Hall–Kier alpha value is -7.24. The van der Waals surface area contributed by atoms with Crippen molar-refractivity contribution < 1.29 is 4.42 Å². The summed E-state index contributed by atoms with van der Waals surface area (Å²) in [5.41, 5.74) is 12.3. The van der Waals surface area contributed by atoms with Gasteiger partial charge in [-0.05, 0) is 60.9 Å². The average molecular weight is 705 g/mol. The zero-order valence-corrected chi connectivity index (χ0v) is 29.8. The Morgan fingerprint density at radius 1 is 0.509 bits per heavy atom. The van der Waals surface area contributed by atoms with E-state index in [0.717, 1.165) is 90.4 Å². The molecular weight excluding hydrogens is 673 g/mol. The molecule has 12 rings (SSSR count). The highest BCUT2D eigenvalue weighted by Gasteiger charge is 2.24. The molecule has 4 heterocycles. The first kappa shape index (κ1) is 30.2. The summed E-state index contributed by atoms with van der Waals surface area (Å²) in [4.78, 5) is 10.5. The summed E-state index contributed by atoms with van der Waals surface area (Å²) in [6.45, 7) is 0. The van der Waals surface area contributed by atoms with Gasteiger partial charge in [0.05, 0.1) is 39.0 Å². The highest BCUT2D eigenvalue weighted by atomic mass is 16.3. The molecule has 0 saturated carbocycles. The van der Waals surface area contributed by atoms with Crippen LogP contribution in [-0.2, 0) is 0 Å². The SMILES string of the molecule is C1=CC(c2nc(-c3cccc4oc5c(-n6c7ccccc7c7ccc8c9ccccc9n(-c9ccccc9)c8c76)cccc5c34)nc3ccccc23)=CCC1. The Morgan fingerprint density at radius 2 is 1.18 bits per heavy atom. The summed E-state index contributed by atoms with van der Waals surface area (Å²) in [7, 11) is 0. The van der Waals surface area contributed by atoms with E-state index in [1.54, 1.807) is 0 Å². The van der Waals surface area contributed by atoms with Crippen LogP contribution >= 0.6 is 0 Å². The molecule has 0 bridgehead atoms. The molecule has 7 aromatic carbocycles. The maximum Gasteiger partial charge on any atom is 0.161 e. The molecule has 0 atom stereocenters. The van der Waals surface area contributed by atoms with Crippen molar-refractivity contribution in [3.8, 4) is 22.8 Å². The normalized spacial score (nSPS) is 13.3. The number of hydrogen-bond acceptors (Lipinski definition) is 3. The minimum Gasteiger partial charge on any atom is -0.454 e. The summed E-state index contributed by atoms with van der Waals surface area (Å²) in [6, 6.07) is 53.8. The van der Waals surface area contributed by atoms with Crippen molar-refractivity contribution in [3.63, 3.8) is 0 Å². The van der Waals surface area contributed by atoms with Gasteiger partial charge < -0.3 is 13.6 Å². The predicted octanol–water partition coefficient (Wildman–Crippen LogP) is 13.1. The van der Waals surface area contributed by atoms with E-state index in [-0.39, 0.29) is 0 Å². The molecule has 0 spiro atoms. The maximum absolute atomic E-state index is 6.98. The van der Waals surface area contributed by atoms with E-state index in [0.29, 0.717) is 5.82 Å². The van der Waals surface area contributed by atoms with Crippen molar-refractivity contribution in [3.05, 3.63) is 176 Å². The van der Waals surface area contributed by atoms with Gasteiger partial charge in [-0.3, -0.25) is 0 Å².